The summed E-state index contributed by atoms with van der Waals surface area (Å²) in [4.78, 5) is 18.9. The molecule has 2 heterocycles. The molecule has 2 aliphatic heterocycles. The van der Waals surface area contributed by atoms with Gasteiger partial charge in [-0.25, -0.2) is 0 Å². The van der Waals surface area contributed by atoms with Crippen LogP contribution >= 0.6 is 0 Å². The number of piperidine rings is 2. The summed E-state index contributed by atoms with van der Waals surface area (Å²) in [6, 6.07) is 31.9. The van der Waals surface area contributed by atoms with E-state index in [0.29, 0.717) is 0 Å². The van der Waals surface area contributed by atoms with E-state index < -0.39 is 5.41 Å². The fraction of sp³-hybridized carbons (Fsp3) is 0.371. The number of benzene rings is 3. The van der Waals surface area contributed by atoms with Crippen molar-refractivity contribution in [2.75, 3.05) is 26.2 Å². The van der Waals surface area contributed by atoms with E-state index in [2.05, 4.69) is 112 Å². The molecule has 2 saturated heterocycles. The number of carbonyl (C=O) groups is 1. The number of hydrogen-bond acceptors (Lipinski definition) is 3. The lowest BCUT2D eigenvalue weighted by atomic mass is 9.71. The topological polar surface area (TPSA) is 35.6 Å². The van der Waals surface area contributed by atoms with E-state index in [0.717, 1.165) is 82.5 Å². The van der Waals surface area contributed by atoms with Gasteiger partial charge in [0.25, 0.3) is 0 Å². The van der Waals surface area contributed by atoms with E-state index in [9.17, 15) is 4.79 Å². The third kappa shape index (κ3) is 6.71. The van der Waals surface area contributed by atoms with Crippen molar-refractivity contribution in [2.24, 2.45) is 0 Å². The van der Waals surface area contributed by atoms with Gasteiger partial charge in [-0.2, -0.15) is 0 Å². The Morgan fingerprint density at radius 1 is 0.821 bits per heavy atom. The second kappa shape index (κ2) is 13.0. The third-order valence-electron chi connectivity index (χ3n) is 8.63. The molecule has 0 unspecified atom stereocenters. The van der Waals surface area contributed by atoms with Crippen molar-refractivity contribution in [3.05, 3.63) is 126 Å². The van der Waals surface area contributed by atoms with E-state index in [-0.39, 0.29) is 11.9 Å². The van der Waals surface area contributed by atoms with Crippen LogP contribution in [0.15, 0.2) is 109 Å². The van der Waals surface area contributed by atoms with Crippen LogP contribution in [0.4, 0.5) is 0 Å². The van der Waals surface area contributed by atoms with Crippen LogP contribution in [0, 0.1) is 0 Å². The van der Waals surface area contributed by atoms with Gasteiger partial charge in [0.15, 0.2) is 0 Å². The first-order valence-corrected chi connectivity index (χ1v) is 14.5. The van der Waals surface area contributed by atoms with Gasteiger partial charge in [-0.3, -0.25) is 9.69 Å². The minimum absolute atomic E-state index is 0.197. The van der Waals surface area contributed by atoms with Crippen LogP contribution in [0.5, 0.6) is 0 Å². The first kappa shape index (κ1) is 27.0. The smallest absolute Gasteiger partial charge is 0.231 e. The average Bonchev–Trinajstić information content (AvgIpc) is 3.00. The molecule has 0 spiro atoms. The lowest BCUT2D eigenvalue weighted by Gasteiger charge is -2.43. The Labute approximate surface area is 234 Å². The van der Waals surface area contributed by atoms with Gasteiger partial charge >= 0.3 is 0 Å². The summed E-state index contributed by atoms with van der Waals surface area (Å²) in [6.45, 7) is 8.69. The molecule has 2 fully saturated rings. The average molecular weight is 520 g/mol. The van der Waals surface area contributed by atoms with Gasteiger partial charge in [0, 0.05) is 38.8 Å². The van der Waals surface area contributed by atoms with E-state index >= 15 is 0 Å². The summed E-state index contributed by atoms with van der Waals surface area (Å²) in [5.41, 5.74) is 7.69. The zero-order chi connectivity index (χ0) is 26.9. The number of carbonyl (C=O) groups excluding carboxylic acids is 1. The second-order valence-electron chi connectivity index (χ2n) is 11.1. The van der Waals surface area contributed by atoms with Crippen molar-refractivity contribution in [3.8, 4) is 0 Å². The van der Waals surface area contributed by atoms with Crippen molar-refractivity contribution < 1.29 is 4.79 Å². The summed E-state index contributed by atoms with van der Waals surface area (Å²) in [6.07, 6.45) is 5.48. The molecule has 0 atom stereocenters. The normalized spacial score (nSPS) is 17.8. The quantitative estimate of drug-likeness (QED) is 0.347. The van der Waals surface area contributed by atoms with E-state index in [1.165, 1.54) is 11.1 Å². The van der Waals surface area contributed by atoms with Gasteiger partial charge in [-0.05, 0) is 55.2 Å². The van der Waals surface area contributed by atoms with Crippen LogP contribution < -0.4 is 5.32 Å². The molecule has 1 N–H and O–H groups in total. The van der Waals surface area contributed by atoms with E-state index in [4.69, 9.17) is 0 Å². The Kier molecular flexibility index (Phi) is 8.98. The highest BCUT2D eigenvalue weighted by molar-refractivity contribution is 5.88. The lowest BCUT2D eigenvalue weighted by Crippen LogP contribution is -2.55. The highest BCUT2D eigenvalue weighted by Crippen LogP contribution is 2.37. The number of allylic oxidation sites excluding steroid dienone is 1. The molecule has 4 nitrogen and oxygen atoms in total. The maximum atomic E-state index is 14.0. The molecule has 0 radical (unpaired) electrons. The number of likely N-dealkylation sites (tertiary alicyclic amines) is 2. The van der Waals surface area contributed by atoms with Crippen molar-refractivity contribution in [1.82, 2.24) is 15.1 Å². The predicted molar refractivity (Wildman–Crippen MR) is 159 cm³/mol. The Morgan fingerprint density at radius 3 is 1.97 bits per heavy atom. The minimum Gasteiger partial charge on any atom is -0.369 e. The number of nitrogens with one attached hydrogen (secondary N) is 1. The zero-order valence-electron chi connectivity index (χ0n) is 23.0. The fourth-order valence-corrected chi connectivity index (χ4v) is 6.23. The third-order valence-corrected chi connectivity index (χ3v) is 8.63. The summed E-state index contributed by atoms with van der Waals surface area (Å²) < 4.78 is 0. The molecule has 1 amide bonds. The summed E-state index contributed by atoms with van der Waals surface area (Å²) in [5, 5.41) is 3.50. The highest BCUT2D eigenvalue weighted by atomic mass is 16.2. The largest absolute Gasteiger partial charge is 0.369 e. The SMILES string of the molecule is C=C=C(CCc1ccccc1)N1CCC(C(=O)NC2CCN(Cc3ccccc3)CC2)(c2ccccc2)CC1. The van der Waals surface area contributed by atoms with Crippen LogP contribution in [0.3, 0.4) is 0 Å². The molecule has 0 aliphatic carbocycles. The van der Waals surface area contributed by atoms with Gasteiger partial charge in [-0.15, -0.1) is 5.73 Å². The van der Waals surface area contributed by atoms with Crippen molar-refractivity contribution in [3.63, 3.8) is 0 Å². The van der Waals surface area contributed by atoms with E-state index in [1.54, 1.807) is 0 Å². The Morgan fingerprint density at radius 2 is 1.38 bits per heavy atom. The molecule has 0 saturated carbocycles. The maximum absolute atomic E-state index is 14.0. The van der Waals surface area contributed by atoms with E-state index in [1.807, 2.05) is 6.07 Å². The number of aryl methyl sites for hydroxylation is 1. The van der Waals surface area contributed by atoms with Gasteiger partial charge in [0.1, 0.15) is 0 Å². The second-order valence-corrected chi connectivity index (χ2v) is 11.1. The fourth-order valence-electron chi connectivity index (χ4n) is 6.23. The predicted octanol–water partition coefficient (Wildman–Crippen LogP) is 6.10. The van der Waals surface area contributed by atoms with Crippen molar-refractivity contribution >= 4 is 5.91 Å². The number of amides is 1. The van der Waals surface area contributed by atoms with Crippen molar-refractivity contribution in [2.45, 2.75) is 56.5 Å². The molecule has 4 heteroatoms. The van der Waals surface area contributed by atoms with Crippen molar-refractivity contribution in [1.29, 1.82) is 0 Å². The van der Waals surface area contributed by atoms with Gasteiger partial charge < -0.3 is 10.2 Å². The van der Waals surface area contributed by atoms with Crippen LogP contribution in [0.25, 0.3) is 0 Å². The molecule has 0 bridgehead atoms. The van der Waals surface area contributed by atoms with Gasteiger partial charge in [-0.1, -0.05) is 97.6 Å². The Hall–Kier alpha value is -3.59. The van der Waals surface area contributed by atoms with Crippen LogP contribution in [0.1, 0.15) is 48.8 Å². The molecule has 0 aromatic heterocycles. The molecule has 39 heavy (non-hydrogen) atoms. The Balaban J connectivity index is 1.21. The summed E-state index contributed by atoms with van der Waals surface area (Å²) in [5.74, 6) is 0.197. The number of hydrogen-bond donors (Lipinski definition) is 1. The van der Waals surface area contributed by atoms with Gasteiger partial charge in [0.2, 0.25) is 5.91 Å². The maximum Gasteiger partial charge on any atom is 0.231 e. The van der Waals surface area contributed by atoms with Gasteiger partial charge in [0.05, 0.1) is 11.1 Å². The first-order valence-electron chi connectivity index (χ1n) is 14.5. The lowest BCUT2D eigenvalue weighted by molar-refractivity contribution is -0.129. The number of rotatable bonds is 9. The standard InChI is InChI=1S/C35H41N3O/c1-2-33(19-18-29-12-6-3-7-13-29)38-26-22-35(23-27-38,31-16-10-5-11-17-31)34(39)36-32-20-24-37(25-21-32)28-30-14-8-4-9-15-30/h3-17,32H,1,18-28H2,(H,36,39). The molecule has 202 valence electrons. The zero-order valence-corrected chi connectivity index (χ0v) is 23.0. The Bertz CT molecular complexity index is 1230. The highest BCUT2D eigenvalue weighted by Gasteiger charge is 2.44. The molecular weight excluding hydrogens is 478 g/mol. The molecule has 3 aromatic carbocycles. The van der Waals surface area contributed by atoms with Crippen LogP contribution in [-0.2, 0) is 23.2 Å². The first-order chi connectivity index (χ1) is 19.2. The molecular formula is C35H41N3O. The monoisotopic (exact) mass is 519 g/mol. The summed E-state index contributed by atoms with van der Waals surface area (Å²) >= 11 is 0. The van der Waals surface area contributed by atoms with Crippen LogP contribution in [0.2, 0.25) is 0 Å². The minimum atomic E-state index is -0.495. The number of nitrogens with zero attached hydrogens (tertiary/aromatic N) is 2. The van der Waals surface area contributed by atoms with Crippen LogP contribution in [-0.4, -0.2) is 47.9 Å². The molecule has 2 aliphatic rings. The molecule has 3 aromatic rings. The molecule has 5 rings (SSSR count). The summed E-state index contributed by atoms with van der Waals surface area (Å²) in [7, 11) is 0.